The zero-order valence-electron chi connectivity index (χ0n) is 11.3. The third kappa shape index (κ3) is 3.68. The number of esters is 1. The summed E-state index contributed by atoms with van der Waals surface area (Å²) in [5.41, 5.74) is 8.16. The summed E-state index contributed by atoms with van der Waals surface area (Å²) < 4.78 is 5.75. The van der Waals surface area contributed by atoms with E-state index in [0.29, 0.717) is 28.6 Å². The van der Waals surface area contributed by atoms with Crippen LogP contribution in [0.1, 0.15) is 17.3 Å². The fraction of sp³-hybridized carbons (Fsp3) is 0.133. The van der Waals surface area contributed by atoms with Crippen LogP contribution in [0.5, 0.6) is 0 Å². The van der Waals surface area contributed by atoms with E-state index in [0.717, 1.165) is 10.2 Å². The minimum atomic E-state index is -0.434. The molecule has 2 rings (SSSR count). The summed E-state index contributed by atoms with van der Waals surface area (Å²) in [6.45, 7) is 2.06. The fourth-order valence-corrected chi connectivity index (χ4v) is 2.29. The van der Waals surface area contributed by atoms with Gasteiger partial charge in [-0.15, -0.1) is 0 Å². The van der Waals surface area contributed by atoms with Gasteiger partial charge < -0.3 is 15.8 Å². The van der Waals surface area contributed by atoms with Crippen molar-refractivity contribution in [3.8, 4) is 0 Å². The van der Waals surface area contributed by atoms with Crippen molar-refractivity contribution < 1.29 is 9.53 Å². The van der Waals surface area contributed by atoms with Crippen molar-refractivity contribution in [2.75, 3.05) is 17.7 Å². The van der Waals surface area contributed by atoms with Gasteiger partial charge in [0.1, 0.15) is 0 Å². The summed E-state index contributed by atoms with van der Waals surface area (Å²) in [5, 5.41) is 3.78. The molecule has 6 heteroatoms. The van der Waals surface area contributed by atoms with E-state index in [1.54, 1.807) is 31.2 Å². The quantitative estimate of drug-likeness (QED) is 0.610. The lowest BCUT2D eigenvalue weighted by atomic mass is 10.1. The molecule has 0 fully saturated rings. The van der Waals surface area contributed by atoms with Gasteiger partial charge in [0, 0.05) is 10.2 Å². The number of nitrogens with two attached hydrogens (primary N) is 1. The Labute approximate surface area is 136 Å². The maximum absolute atomic E-state index is 11.8. The number of carbonyl (C=O) groups is 1. The number of hydrogen-bond acceptors (Lipinski definition) is 4. The molecule has 0 aliphatic heterocycles. The van der Waals surface area contributed by atoms with Crippen LogP contribution in [-0.2, 0) is 4.74 Å². The highest BCUT2D eigenvalue weighted by atomic mass is 79.9. The fourth-order valence-electron chi connectivity index (χ4n) is 1.79. The predicted octanol–water partition coefficient (Wildman–Crippen LogP) is 4.61. The Morgan fingerprint density at radius 1 is 1.38 bits per heavy atom. The Kier molecular flexibility index (Phi) is 5.09. The molecule has 0 atom stereocenters. The second-order valence-electron chi connectivity index (χ2n) is 4.24. The average molecular weight is 370 g/mol. The zero-order chi connectivity index (χ0) is 15.4. The predicted molar refractivity (Wildman–Crippen MR) is 89.2 cm³/mol. The van der Waals surface area contributed by atoms with Crippen LogP contribution in [0.2, 0.25) is 5.02 Å². The number of ether oxygens (including phenoxy) is 1. The lowest BCUT2D eigenvalue weighted by molar-refractivity contribution is 0.0527. The summed E-state index contributed by atoms with van der Waals surface area (Å²) in [4.78, 5) is 11.8. The number of nitrogens with one attached hydrogen (secondary N) is 1. The topological polar surface area (TPSA) is 64.3 Å². The molecule has 110 valence electrons. The van der Waals surface area contributed by atoms with Crippen molar-refractivity contribution in [3.63, 3.8) is 0 Å². The van der Waals surface area contributed by atoms with E-state index in [4.69, 9.17) is 22.1 Å². The number of benzene rings is 2. The molecule has 0 aliphatic carbocycles. The molecule has 21 heavy (non-hydrogen) atoms. The van der Waals surface area contributed by atoms with Gasteiger partial charge in [-0.05, 0) is 53.2 Å². The van der Waals surface area contributed by atoms with E-state index in [1.807, 2.05) is 12.1 Å². The average Bonchev–Trinajstić information content (AvgIpc) is 2.45. The number of nitrogen functional groups attached to an aromatic ring is 1. The molecule has 0 bridgehead atoms. The van der Waals surface area contributed by atoms with E-state index in [9.17, 15) is 4.79 Å². The van der Waals surface area contributed by atoms with Crippen molar-refractivity contribution in [2.24, 2.45) is 0 Å². The van der Waals surface area contributed by atoms with Crippen LogP contribution < -0.4 is 11.1 Å². The first-order valence-corrected chi connectivity index (χ1v) is 7.47. The van der Waals surface area contributed by atoms with Crippen LogP contribution in [0.3, 0.4) is 0 Å². The second kappa shape index (κ2) is 6.83. The van der Waals surface area contributed by atoms with Gasteiger partial charge >= 0.3 is 5.97 Å². The number of halogens is 2. The third-order valence-corrected chi connectivity index (χ3v) is 4.01. The summed E-state index contributed by atoms with van der Waals surface area (Å²) >= 11 is 9.31. The molecule has 0 aromatic heterocycles. The van der Waals surface area contributed by atoms with Gasteiger partial charge in [-0.25, -0.2) is 4.79 Å². The van der Waals surface area contributed by atoms with Gasteiger partial charge in [0.2, 0.25) is 0 Å². The molecule has 0 spiro atoms. The summed E-state index contributed by atoms with van der Waals surface area (Å²) in [5.74, 6) is -0.434. The molecule has 0 heterocycles. The molecule has 0 saturated carbocycles. The van der Waals surface area contributed by atoms with Gasteiger partial charge in [0.05, 0.1) is 28.6 Å². The maximum atomic E-state index is 11.8. The van der Waals surface area contributed by atoms with Gasteiger partial charge in [-0.2, -0.15) is 0 Å². The largest absolute Gasteiger partial charge is 0.462 e. The van der Waals surface area contributed by atoms with Crippen LogP contribution in [0.4, 0.5) is 17.1 Å². The molecule has 0 unspecified atom stereocenters. The van der Waals surface area contributed by atoms with Crippen LogP contribution in [0, 0.1) is 0 Å². The van der Waals surface area contributed by atoms with E-state index in [1.165, 1.54) is 0 Å². The molecule has 0 saturated heterocycles. The minimum absolute atomic E-state index is 0.306. The van der Waals surface area contributed by atoms with Gasteiger partial charge in [-0.3, -0.25) is 0 Å². The summed E-state index contributed by atoms with van der Waals surface area (Å²) in [6.07, 6.45) is 0. The zero-order valence-corrected chi connectivity index (χ0v) is 13.7. The Morgan fingerprint density at radius 3 is 2.81 bits per heavy atom. The SMILES string of the molecule is CCOC(=O)c1cccc(Nc2ccc(Cl)c(Br)c2)c1N. The second-order valence-corrected chi connectivity index (χ2v) is 5.50. The molecule has 3 N–H and O–H groups in total. The van der Waals surface area contributed by atoms with E-state index in [2.05, 4.69) is 21.2 Å². The molecule has 0 amide bonds. The Balaban J connectivity index is 2.30. The normalized spacial score (nSPS) is 10.2. The molecule has 4 nitrogen and oxygen atoms in total. The third-order valence-electron chi connectivity index (χ3n) is 2.80. The Bertz CT molecular complexity index is 677. The summed E-state index contributed by atoms with van der Waals surface area (Å²) in [7, 11) is 0. The highest BCUT2D eigenvalue weighted by molar-refractivity contribution is 9.10. The first kappa shape index (κ1) is 15.7. The van der Waals surface area contributed by atoms with E-state index in [-0.39, 0.29) is 0 Å². The smallest absolute Gasteiger partial charge is 0.340 e. The maximum Gasteiger partial charge on any atom is 0.340 e. The molecule has 2 aromatic carbocycles. The lowest BCUT2D eigenvalue weighted by Gasteiger charge is -2.13. The Hall–Kier alpha value is -1.72. The van der Waals surface area contributed by atoms with Crippen molar-refractivity contribution in [3.05, 3.63) is 51.5 Å². The number of para-hydroxylation sites is 1. The van der Waals surface area contributed by atoms with Crippen molar-refractivity contribution in [1.29, 1.82) is 0 Å². The lowest BCUT2D eigenvalue weighted by Crippen LogP contribution is -2.09. The van der Waals surface area contributed by atoms with Crippen LogP contribution in [-0.4, -0.2) is 12.6 Å². The monoisotopic (exact) mass is 368 g/mol. The first-order chi connectivity index (χ1) is 10.0. The number of anilines is 3. The van der Waals surface area contributed by atoms with Crippen LogP contribution in [0.15, 0.2) is 40.9 Å². The van der Waals surface area contributed by atoms with Crippen LogP contribution >= 0.6 is 27.5 Å². The number of carbonyl (C=O) groups excluding carboxylic acids is 1. The number of hydrogen-bond donors (Lipinski definition) is 2. The summed E-state index contributed by atoms with van der Waals surface area (Å²) in [6, 6.07) is 10.6. The Morgan fingerprint density at radius 2 is 2.14 bits per heavy atom. The van der Waals surface area contributed by atoms with Gasteiger partial charge in [0.15, 0.2) is 0 Å². The van der Waals surface area contributed by atoms with Crippen LogP contribution in [0.25, 0.3) is 0 Å². The van der Waals surface area contributed by atoms with E-state index < -0.39 is 5.97 Å². The molecule has 0 radical (unpaired) electrons. The van der Waals surface area contributed by atoms with Gasteiger partial charge in [0.25, 0.3) is 0 Å². The molecular weight excluding hydrogens is 356 g/mol. The minimum Gasteiger partial charge on any atom is -0.462 e. The van der Waals surface area contributed by atoms with E-state index >= 15 is 0 Å². The molecular formula is C15H14BrClN2O2. The standard InChI is InChI=1S/C15H14BrClN2O2/c1-2-21-15(20)10-4-3-5-13(14(10)18)19-9-6-7-12(17)11(16)8-9/h3-8,19H,2,18H2,1H3. The highest BCUT2D eigenvalue weighted by Crippen LogP contribution is 2.30. The highest BCUT2D eigenvalue weighted by Gasteiger charge is 2.13. The van der Waals surface area contributed by atoms with Crippen molar-refractivity contribution >= 4 is 50.6 Å². The van der Waals surface area contributed by atoms with Crippen molar-refractivity contribution in [1.82, 2.24) is 0 Å². The van der Waals surface area contributed by atoms with Crippen molar-refractivity contribution in [2.45, 2.75) is 6.92 Å². The molecule has 2 aromatic rings. The number of rotatable bonds is 4. The van der Waals surface area contributed by atoms with Gasteiger partial charge in [-0.1, -0.05) is 17.7 Å². The first-order valence-electron chi connectivity index (χ1n) is 6.30. The molecule has 0 aliphatic rings.